The number of carbonyl (C=O) groups is 4. The Hall–Kier alpha value is -3.62. The van der Waals surface area contributed by atoms with Crippen molar-refractivity contribution in [2.24, 2.45) is 0 Å². The van der Waals surface area contributed by atoms with Crippen molar-refractivity contribution in [1.82, 2.24) is 5.32 Å². The molecule has 1 aliphatic carbocycles. The summed E-state index contributed by atoms with van der Waals surface area (Å²) in [6.45, 7) is 7.25. The first-order valence-corrected chi connectivity index (χ1v) is 14.2. The second-order valence-electron chi connectivity index (χ2n) is 9.57. The number of nitrogens with one attached hydrogen (secondary N) is 1. The van der Waals surface area contributed by atoms with Crippen molar-refractivity contribution in [3.05, 3.63) is 53.6 Å². The van der Waals surface area contributed by atoms with Crippen LogP contribution in [-0.4, -0.2) is 48.0 Å². The fourth-order valence-electron chi connectivity index (χ4n) is 4.03. The summed E-state index contributed by atoms with van der Waals surface area (Å²) in [6, 6.07) is 8.01. The first-order chi connectivity index (χ1) is 19.2. The standard InChI is InChI=1S/C27H37NO6.C4H8O2/c1-4-9-25(5-2)34-27(31)33-20(3)32-26(30)17-16-24(28-19-29)18-21-12-14-23(15-13-21)22-10-7-6-8-11-22;1-2-3-4(5)6/h7,10-15,19-20,24-25H,4-6,8-9,16-18H2,1-3H3,(H,28,29);2-3H2,1H3,(H,5,6). The van der Waals surface area contributed by atoms with Crippen LogP contribution in [0.4, 0.5) is 4.79 Å². The number of amides is 1. The minimum atomic E-state index is -1.05. The molecule has 0 saturated heterocycles. The van der Waals surface area contributed by atoms with Crippen LogP contribution < -0.4 is 5.32 Å². The van der Waals surface area contributed by atoms with Gasteiger partial charge in [-0.2, -0.15) is 0 Å². The molecule has 9 heteroatoms. The third kappa shape index (κ3) is 15.1. The summed E-state index contributed by atoms with van der Waals surface area (Å²) in [5, 5.41) is 10.7. The molecule has 1 amide bonds. The molecule has 0 heterocycles. The molecule has 0 fully saturated rings. The third-order valence-electron chi connectivity index (χ3n) is 6.12. The van der Waals surface area contributed by atoms with Crippen molar-refractivity contribution in [3.63, 3.8) is 0 Å². The molecule has 1 aromatic rings. The highest BCUT2D eigenvalue weighted by Crippen LogP contribution is 2.22. The maximum absolute atomic E-state index is 12.2. The van der Waals surface area contributed by atoms with E-state index >= 15 is 0 Å². The monoisotopic (exact) mass is 559 g/mol. The van der Waals surface area contributed by atoms with E-state index in [-0.39, 0.29) is 18.6 Å². The van der Waals surface area contributed by atoms with Gasteiger partial charge >= 0.3 is 18.1 Å². The molecule has 3 atom stereocenters. The largest absolute Gasteiger partial charge is 0.511 e. The van der Waals surface area contributed by atoms with E-state index < -0.39 is 24.4 Å². The number of hydrogen-bond acceptors (Lipinski definition) is 7. The highest BCUT2D eigenvalue weighted by atomic mass is 16.8. The Morgan fingerprint density at radius 1 is 0.975 bits per heavy atom. The fourth-order valence-corrected chi connectivity index (χ4v) is 4.03. The number of esters is 1. The Morgan fingerprint density at radius 2 is 1.70 bits per heavy atom. The van der Waals surface area contributed by atoms with Crippen LogP contribution in [0.25, 0.3) is 5.57 Å². The van der Waals surface area contributed by atoms with Gasteiger partial charge in [-0.3, -0.25) is 14.4 Å². The van der Waals surface area contributed by atoms with Gasteiger partial charge in [0.1, 0.15) is 6.10 Å². The molecule has 0 saturated carbocycles. The average molecular weight is 560 g/mol. The molecule has 0 spiro atoms. The van der Waals surface area contributed by atoms with Crippen molar-refractivity contribution in [2.75, 3.05) is 0 Å². The van der Waals surface area contributed by atoms with Gasteiger partial charge < -0.3 is 24.6 Å². The van der Waals surface area contributed by atoms with Gasteiger partial charge in [-0.05, 0) is 61.6 Å². The fraction of sp³-hybridized carbons (Fsp3) is 0.548. The van der Waals surface area contributed by atoms with E-state index in [1.165, 1.54) is 12.5 Å². The van der Waals surface area contributed by atoms with Crippen molar-refractivity contribution in [3.8, 4) is 0 Å². The highest BCUT2D eigenvalue weighted by Gasteiger charge is 2.19. The molecular weight excluding hydrogens is 514 g/mol. The molecule has 40 heavy (non-hydrogen) atoms. The van der Waals surface area contributed by atoms with E-state index in [0.29, 0.717) is 32.1 Å². The minimum Gasteiger partial charge on any atom is -0.481 e. The molecule has 9 nitrogen and oxygen atoms in total. The van der Waals surface area contributed by atoms with Crippen molar-refractivity contribution < 1.29 is 38.5 Å². The molecule has 0 aromatic heterocycles. The molecule has 1 aliphatic rings. The minimum absolute atomic E-state index is 0.0808. The number of rotatable bonds is 16. The number of ether oxygens (including phenoxy) is 3. The Balaban J connectivity index is 0.00000120. The van der Waals surface area contributed by atoms with Gasteiger partial charge in [0.2, 0.25) is 12.7 Å². The first-order valence-electron chi connectivity index (χ1n) is 14.2. The average Bonchev–Trinajstić information content (AvgIpc) is 2.92. The van der Waals surface area contributed by atoms with E-state index in [9.17, 15) is 19.2 Å². The van der Waals surface area contributed by atoms with Crippen LogP contribution in [0.3, 0.4) is 0 Å². The molecular formula is C31H45NO8. The van der Waals surface area contributed by atoms with Gasteiger partial charge in [0.15, 0.2) is 0 Å². The zero-order valence-electron chi connectivity index (χ0n) is 24.2. The predicted molar refractivity (Wildman–Crippen MR) is 153 cm³/mol. The molecule has 0 aliphatic heterocycles. The summed E-state index contributed by atoms with van der Waals surface area (Å²) in [5.41, 5.74) is 3.45. The van der Waals surface area contributed by atoms with Crippen LogP contribution in [0.5, 0.6) is 0 Å². The smallest absolute Gasteiger partial charge is 0.481 e. The summed E-state index contributed by atoms with van der Waals surface area (Å²) in [5.74, 6) is -1.22. The Morgan fingerprint density at radius 3 is 2.23 bits per heavy atom. The van der Waals surface area contributed by atoms with E-state index in [1.807, 2.05) is 32.9 Å². The Kier molecular flexibility index (Phi) is 17.5. The van der Waals surface area contributed by atoms with Crippen LogP contribution >= 0.6 is 0 Å². The number of hydrogen-bond donors (Lipinski definition) is 2. The van der Waals surface area contributed by atoms with Crippen LogP contribution in [0.2, 0.25) is 0 Å². The molecule has 222 valence electrons. The van der Waals surface area contributed by atoms with Crippen LogP contribution in [0.1, 0.15) is 96.6 Å². The lowest BCUT2D eigenvalue weighted by Gasteiger charge is -2.19. The van der Waals surface area contributed by atoms with E-state index in [1.54, 1.807) is 0 Å². The highest BCUT2D eigenvalue weighted by molar-refractivity contribution is 5.74. The number of carbonyl (C=O) groups excluding carboxylic acids is 3. The van der Waals surface area contributed by atoms with Crippen molar-refractivity contribution in [2.45, 2.75) is 110 Å². The summed E-state index contributed by atoms with van der Waals surface area (Å²) < 4.78 is 15.4. The van der Waals surface area contributed by atoms with Gasteiger partial charge in [-0.1, -0.05) is 69.7 Å². The predicted octanol–water partition coefficient (Wildman–Crippen LogP) is 6.35. The quantitative estimate of drug-likeness (QED) is 0.136. The first kappa shape index (κ1) is 34.4. The number of carboxylic acids is 1. The van der Waals surface area contributed by atoms with Gasteiger partial charge in [0, 0.05) is 25.8 Å². The Bertz CT molecular complexity index is 970. The molecule has 0 bridgehead atoms. The van der Waals surface area contributed by atoms with Crippen LogP contribution in [0.15, 0.2) is 42.5 Å². The lowest BCUT2D eigenvalue weighted by molar-refractivity contribution is -0.169. The SMILES string of the molecule is CCCC(=O)O.CCCC(CC)OC(=O)OC(C)OC(=O)CCC(Cc1ccc(C2=CCCC=C2)cc1)NC=O. The summed E-state index contributed by atoms with van der Waals surface area (Å²) >= 11 is 0. The summed E-state index contributed by atoms with van der Waals surface area (Å²) in [4.78, 5) is 44.7. The van der Waals surface area contributed by atoms with Gasteiger partial charge in [-0.15, -0.1) is 0 Å². The zero-order chi connectivity index (χ0) is 29.8. The second kappa shape index (κ2) is 20.3. The number of benzene rings is 1. The normalized spacial score (nSPS) is 14.3. The molecule has 2 N–H and O–H groups in total. The van der Waals surface area contributed by atoms with E-state index in [0.717, 1.165) is 43.2 Å². The lowest BCUT2D eigenvalue weighted by Crippen LogP contribution is -2.31. The Labute approximate surface area is 238 Å². The van der Waals surface area contributed by atoms with Crippen LogP contribution in [0, 0.1) is 0 Å². The van der Waals surface area contributed by atoms with Crippen molar-refractivity contribution >= 4 is 30.1 Å². The zero-order valence-corrected chi connectivity index (χ0v) is 24.2. The number of aliphatic carboxylic acids is 1. The van der Waals surface area contributed by atoms with Gasteiger partial charge in [0.05, 0.1) is 0 Å². The summed E-state index contributed by atoms with van der Waals surface area (Å²) in [6.07, 6.45) is 11.7. The molecule has 2 rings (SSSR count). The molecule has 1 aromatic carbocycles. The topological polar surface area (TPSA) is 128 Å². The lowest BCUT2D eigenvalue weighted by atomic mass is 9.96. The van der Waals surface area contributed by atoms with Gasteiger partial charge in [0.25, 0.3) is 0 Å². The van der Waals surface area contributed by atoms with Crippen molar-refractivity contribution in [1.29, 1.82) is 0 Å². The third-order valence-corrected chi connectivity index (χ3v) is 6.12. The number of carboxylic acid groups (broad SMARTS) is 1. The maximum atomic E-state index is 12.2. The molecule has 3 unspecified atom stereocenters. The van der Waals surface area contributed by atoms with E-state index in [4.69, 9.17) is 19.3 Å². The molecule has 0 radical (unpaired) electrons. The van der Waals surface area contributed by atoms with Crippen LogP contribution in [-0.2, 0) is 35.0 Å². The summed E-state index contributed by atoms with van der Waals surface area (Å²) in [7, 11) is 0. The van der Waals surface area contributed by atoms with E-state index in [2.05, 4.69) is 35.7 Å². The second-order valence-corrected chi connectivity index (χ2v) is 9.57. The van der Waals surface area contributed by atoms with Gasteiger partial charge in [-0.25, -0.2) is 4.79 Å². The number of allylic oxidation sites excluding steroid dienone is 4. The maximum Gasteiger partial charge on any atom is 0.511 e.